The van der Waals surface area contributed by atoms with Crippen LogP contribution in [-0.4, -0.2) is 36.5 Å². The van der Waals surface area contributed by atoms with Crippen LogP contribution in [0.5, 0.6) is 0 Å². The normalized spacial score (nSPS) is 17.0. The highest BCUT2D eigenvalue weighted by Gasteiger charge is 2.34. The summed E-state index contributed by atoms with van der Waals surface area (Å²) in [5.74, 6) is 0.0102. The van der Waals surface area contributed by atoms with E-state index in [1.807, 2.05) is 0 Å². The largest absolute Gasteiger partial charge is 0.300 e. The number of Topliss-reactive ketones (excluding diaryl/α,β-unsaturated/α-hetero) is 1. The summed E-state index contributed by atoms with van der Waals surface area (Å²) in [4.78, 5) is 21.4. The molecule has 7 nitrogen and oxygen atoms in total. The Bertz CT molecular complexity index is 702. The minimum atomic E-state index is -3.96. The highest BCUT2D eigenvalue weighted by molar-refractivity contribution is 7.89. The molecule has 0 aromatic heterocycles. The van der Waals surface area contributed by atoms with Gasteiger partial charge in [-0.05, 0) is 31.0 Å². The zero-order chi connectivity index (χ0) is 15.8. The predicted octanol–water partition coefficient (Wildman–Crippen LogP) is 1.57. The maximum atomic E-state index is 12.6. The summed E-state index contributed by atoms with van der Waals surface area (Å²) < 4.78 is 26.3. The van der Waals surface area contributed by atoms with Gasteiger partial charge in [0.25, 0.3) is 5.69 Å². The van der Waals surface area contributed by atoms with Crippen LogP contribution < -0.4 is 0 Å². The Balaban J connectivity index is 2.51. The van der Waals surface area contributed by atoms with Crippen LogP contribution in [0.1, 0.15) is 24.0 Å². The molecule has 0 radical (unpaired) electrons. The maximum absolute atomic E-state index is 12.6. The average Bonchev–Trinajstić information content (AvgIpc) is 2.41. The van der Waals surface area contributed by atoms with E-state index in [1.165, 1.54) is 12.1 Å². The zero-order valence-corrected chi connectivity index (χ0v) is 12.6. The summed E-state index contributed by atoms with van der Waals surface area (Å²) in [6.45, 7) is 3.55. The minimum Gasteiger partial charge on any atom is -0.300 e. The fraction of sp³-hybridized carbons (Fsp3) is 0.462. The van der Waals surface area contributed by atoms with Gasteiger partial charge in [0.15, 0.2) is 4.90 Å². The van der Waals surface area contributed by atoms with Crippen LogP contribution in [-0.2, 0) is 14.8 Å². The van der Waals surface area contributed by atoms with Crippen LogP contribution in [0, 0.1) is 24.0 Å². The molecular formula is C13H16N2O5S. The van der Waals surface area contributed by atoms with Gasteiger partial charge < -0.3 is 0 Å². The lowest BCUT2D eigenvalue weighted by Crippen LogP contribution is -2.38. The van der Waals surface area contributed by atoms with Gasteiger partial charge in [0, 0.05) is 32.0 Å². The number of carbonyl (C=O) groups is 1. The van der Waals surface area contributed by atoms with E-state index in [2.05, 4.69) is 0 Å². The molecule has 1 fully saturated rings. The second-order valence-corrected chi connectivity index (χ2v) is 7.01. The topological polar surface area (TPSA) is 97.6 Å². The number of sulfonamides is 1. The monoisotopic (exact) mass is 312 g/mol. The number of hydrogen-bond donors (Lipinski definition) is 0. The molecule has 0 aliphatic carbocycles. The molecule has 8 heteroatoms. The van der Waals surface area contributed by atoms with Gasteiger partial charge in [-0.15, -0.1) is 0 Å². The van der Waals surface area contributed by atoms with Gasteiger partial charge in [0.2, 0.25) is 10.0 Å². The van der Waals surface area contributed by atoms with Gasteiger partial charge in [-0.1, -0.05) is 0 Å². The molecule has 0 unspecified atom stereocenters. The van der Waals surface area contributed by atoms with Gasteiger partial charge in [0.05, 0.1) is 4.92 Å². The molecule has 1 aliphatic rings. The summed E-state index contributed by atoms with van der Waals surface area (Å²) in [6, 6.07) is 2.61. The van der Waals surface area contributed by atoms with E-state index >= 15 is 0 Å². The molecule has 0 N–H and O–H groups in total. The minimum absolute atomic E-state index is 0.0102. The first-order valence-electron chi connectivity index (χ1n) is 6.51. The maximum Gasteiger partial charge on any atom is 0.289 e. The molecular weight excluding hydrogens is 296 g/mol. The van der Waals surface area contributed by atoms with E-state index in [1.54, 1.807) is 13.8 Å². The van der Waals surface area contributed by atoms with E-state index in [-0.39, 0.29) is 36.6 Å². The SMILES string of the molecule is Cc1cc([N+](=O)[O-])c(S(=O)(=O)N2CCC(=O)CC2)cc1C. The number of aryl methyl sites for hydroxylation is 2. The van der Waals surface area contributed by atoms with Crippen molar-refractivity contribution in [2.24, 2.45) is 0 Å². The van der Waals surface area contributed by atoms with Gasteiger partial charge in [-0.2, -0.15) is 4.31 Å². The molecule has 0 atom stereocenters. The molecule has 1 saturated heterocycles. The third-order valence-corrected chi connectivity index (χ3v) is 5.60. The Labute approximate surface area is 122 Å². The molecule has 0 amide bonds. The van der Waals surface area contributed by atoms with Crippen molar-refractivity contribution in [3.63, 3.8) is 0 Å². The van der Waals surface area contributed by atoms with Crippen molar-refractivity contribution in [2.75, 3.05) is 13.1 Å². The Morgan fingerprint density at radius 1 is 1.14 bits per heavy atom. The van der Waals surface area contributed by atoms with Crippen LogP contribution in [0.15, 0.2) is 17.0 Å². The van der Waals surface area contributed by atoms with Gasteiger partial charge in [0.1, 0.15) is 5.78 Å². The lowest BCUT2D eigenvalue weighted by molar-refractivity contribution is -0.387. The predicted molar refractivity (Wildman–Crippen MR) is 75.6 cm³/mol. The number of ketones is 1. The molecule has 0 bridgehead atoms. The Morgan fingerprint density at radius 3 is 2.19 bits per heavy atom. The number of hydrogen-bond acceptors (Lipinski definition) is 5. The molecule has 0 spiro atoms. The number of nitrogens with zero attached hydrogens (tertiary/aromatic N) is 2. The van der Waals surface area contributed by atoms with E-state index in [9.17, 15) is 23.3 Å². The van der Waals surface area contributed by atoms with Crippen molar-refractivity contribution in [1.29, 1.82) is 0 Å². The van der Waals surface area contributed by atoms with E-state index in [0.29, 0.717) is 11.1 Å². The summed E-state index contributed by atoms with van der Waals surface area (Å²) in [6.07, 6.45) is 0.301. The van der Waals surface area contributed by atoms with E-state index < -0.39 is 20.6 Å². The molecule has 2 rings (SSSR count). The van der Waals surface area contributed by atoms with Gasteiger partial charge in [-0.25, -0.2) is 8.42 Å². The van der Waals surface area contributed by atoms with Crippen LogP contribution in [0.2, 0.25) is 0 Å². The highest BCUT2D eigenvalue weighted by Crippen LogP contribution is 2.30. The summed E-state index contributed by atoms with van der Waals surface area (Å²) in [5.41, 5.74) is 0.914. The third kappa shape index (κ3) is 2.96. The van der Waals surface area contributed by atoms with Crippen molar-refractivity contribution >= 4 is 21.5 Å². The van der Waals surface area contributed by atoms with Crippen molar-refractivity contribution in [3.8, 4) is 0 Å². The molecule has 0 saturated carbocycles. The molecule has 21 heavy (non-hydrogen) atoms. The second-order valence-electron chi connectivity index (χ2n) is 5.10. The Kier molecular flexibility index (Phi) is 4.11. The van der Waals surface area contributed by atoms with Gasteiger partial charge >= 0.3 is 0 Å². The first-order valence-corrected chi connectivity index (χ1v) is 7.95. The lowest BCUT2D eigenvalue weighted by atomic mass is 10.1. The second kappa shape index (κ2) is 5.53. The molecule has 1 aliphatic heterocycles. The number of benzene rings is 1. The number of piperidine rings is 1. The molecule has 1 aromatic carbocycles. The third-order valence-electron chi connectivity index (χ3n) is 3.67. The fourth-order valence-electron chi connectivity index (χ4n) is 2.24. The summed E-state index contributed by atoms with van der Waals surface area (Å²) in [5, 5.41) is 11.1. The quantitative estimate of drug-likeness (QED) is 0.623. The molecule has 1 heterocycles. The first-order chi connectivity index (χ1) is 9.73. The lowest BCUT2D eigenvalue weighted by Gasteiger charge is -2.25. The summed E-state index contributed by atoms with van der Waals surface area (Å²) in [7, 11) is -3.96. The average molecular weight is 312 g/mol. The smallest absolute Gasteiger partial charge is 0.289 e. The highest BCUT2D eigenvalue weighted by atomic mass is 32.2. The number of nitro benzene ring substituents is 1. The van der Waals surface area contributed by atoms with Crippen LogP contribution in [0.25, 0.3) is 0 Å². The van der Waals surface area contributed by atoms with E-state index in [4.69, 9.17) is 0 Å². The molecule has 114 valence electrons. The van der Waals surface area contributed by atoms with Crippen molar-refractivity contribution in [1.82, 2.24) is 4.31 Å². The van der Waals surface area contributed by atoms with Crippen molar-refractivity contribution in [3.05, 3.63) is 33.4 Å². The Hall–Kier alpha value is -1.80. The van der Waals surface area contributed by atoms with E-state index in [0.717, 1.165) is 4.31 Å². The van der Waals surface area contributed by atoms with Crippen molar-refractivity contribution in [2.45, 2.75) is 31.6 Å². The number of rotatable bonds is 3. The Morgan fingerprint density at radius 2 is 1.67 bits per heavy atom. The van der Waals surface area contributed by atoms with Gasteiger partial charge in [-0.3, -0.25) is 14.9 Å². The standard InChI is InChI=1S/C13H16N2O5S/c1-9-7-12(15(17)18)13(8-10(9)2)21(19,20)14-5-3-11(16)4-6-14/h7-8H,3-6H2,1-2H3. The van der Waals surface area contributed by atoms with Crippen LogP contribution in [0.3, 0.4) is 0 Å². The van der Waals surface area contributed by atoms with Crippen molar-refractivity contribution < 1.29 is 18.1 Å². The molecule has 1 aromatic rings. The number of nitro groups is 1. The fourth-order valence-corrected chi connectivity index (χ4v) is 3.90. The zero-order valence-electron chi connectivity index (χ0n) is 11.8. The first kappa shape index (κ1) is 15.6. The summed E-state index contributed by atoms with van der Waals surface area (Å²) >= 11 is 0. The van der Waals surface area contributed by atoms with Crippen LogP contribution >= 0.6 is 0 Å². The van der Waals surface area contributed by atoms with Crippen LogP contribution in [0.4, 0.5) is 5.69 Å². The number of carbonyl (C=O) groups excluding carboxylic acids is 1.